The third kappa shape index (κ3) is 3.37. The van der Waals surface area contributed by atoms with Crippen molar-refractivity contribution in [2.24, 2.45) is 5.92 Å². The number of aliphatic hydroxyl groups is 1. The molecule has 3 heteroatoms. The summed E-state index contributed by atoms with van der Waals surface area (Å²) in [5.74, 6) is -0.315. The number of ether oxygens (including phenoxy) is 1. The zero-order chi connectivity index (χ0) is 9.07. The molecule has 0 amide bonds. The van der Waals surface area contributed by atoms with E-state index in [2.05, 4.69) is 4.74 Å². The van der Waals surface area contributed by atoms with E-state index in [1.165, 1.54) is 7.11 Å². The van der Waals surface area contributed by atoms with Gasteiger partial charge in [0.2, 0.25) is 0 Å². The summed E-state index contributed by atoms with van der Waals surface area (Å²) in [7, 11) is 1.32. The van der Waals surface area contributed by atoms with E-state index in [0.29, 0.717) is 0 Å². The van der Waals surface area contributed by atoms with Crippen LogP contribution < -0.4 is 0 Å². The van der Waals surface area contributed by atoms with Crippen molar-refractivity contribution in [2.45, 2.75) is 32.8 Å². The molecule has 1 atom stereocenters. The van der Waals surface area contributed by atoms with Crippen LogP contribution in [0.3, 0.4) is 0 Å². The molecule has 66 valence electrons. The first-order chi connectivity index (χ1) is 4.90. The summed E-state index contributed by atoms with van der Waals surface area (Å²) in [6.45, 7) is 5.36. The SMILES string of the molecule is COC(=O)CC(C)(O)C(C)C. The van der Waals surface area contributed by atoms with Crippen LogP contribution in [0, 0.1) is 5.92 Å². The van der Waals surface area contributed by atoms with E-state index in [9.17, 15) is 9.90 Å². The molecule has 0 saturated heterocycles. The minimum absolute atomic E-state index is 0.0567. The van der Waals surface area contributed by atoms with Crippen LogP contribution in [0.4, 0.5) is 0 Å². The highest BCUT2D eigenvalue weighted by atomic mass is 16.5. The number of carbonyl (C=O) groups excluding carboxylic acids is 1. The highest BCUT2D eigenvalue weighted by Crippen LogP contribution is 2.20. The molecule has 3 nitrogen and oxygen atoms in total. The molecule has 0 rings (SSSR count). The van der Waals surface area contributed by atoms with Crippen molar-refractivity contribution < 1.29 is 14.6 Å². The Bertz CT molecular complexity index is 138. The van der Waals surface area contributed by atoms with Gasteiger partial charge in [-0.25, -0.2) is 0 Å². The molecule has 0 aromatic carbocycles. The molecule has 0 fully saturated rings. The van der Waals surface area contributed by atoms with Crippen LogP contribution in [0.2, 0.25) is 0 Å². The Balaban J connectivity index is 4.01. The summed E-state index contributed by atoms with van der Waals surface area (Å²) in [5.41, 5.74) is -0.951. The monoisotopic (exact) mass is 160 g/mol. The van der Waals surface area contributed by atoms with Crippen molar-refractivity contribution >= 4 is 5.97 Å². The fourth-order valence-corrected chi connectivity index (χ4v) is 0.569. The molecule has 1 unspecified atom stereocenters. The number of rotatable bonds is 3. The standard InChI is InChI=1S/C8H16O3/c1-6(2)8(3,10)5-7(9)11-4/h6,10H,5H2,1-4H3. The zero-order valence-electron chi connectivity index (χ0n) is 7.55. The maximum atomic E-state index is 10.7. The fraction of sp³-hybridized carbons (Fsp3) is 0.875. The lowest BCUT2D eigenvalue weighted by molar-refractivity contribution is -0.147. The van der Waals surface area contributed by atoms with Crippen molar-refractivity contribution in [1.82, 2.24) is 0 Å². The van der Waals surface area contributed by atoms with E-state index in [1.54, 1.807) is 6.92 Å². The highest BCUT2D eigenvalue weighted by Gasteiger charge is 2.28. The highest BCUT2D eigenvalue weighted by molar-refractivity contribution is 5.70. The summed E-state index contributed by atoms with van der Waals surface area (Å²) in [6, 6.07) is 0. The van der Waals surface area contributed by atoms with Crippen molar-refractivity contribution in [3.63, 3.8) is 0 Å². The molecule has 0 bridgehead atoms. The minimum atomic E-state index is -0.951. The first-order valence-electron chi connectivity index (χ1n) is 3.69. The second-order valence-electron chi connectivity index (χ2n) is 3.26. The normalized spacial score (nSPS) is 16.2. The third-order valence-electron chi connectivity index (χ3n) is 1.97. The number of methoxy groups -OCH3 is 1. The van der Waals surface area contributed by atoms with Gasteiger partial charge in [-0.05, 0) is 12.8 Å². The molecule has 0 heterocycles. The van der Waals surface area contributed by atoms with Gasteiger partial charge in [0.15, 0.2) is 0 Å². The molecule has 0 aromatic heterocycles. The van der Waals surface area contributed by atoms with Gasteiger partial charge < -0.3 is 9.84 Å². The van der Waals surface area contributed by atoms with E-state index in [-0.39, 0.29) is 18.3 Å². The van der Waals surface area contributed by atoms with Gasteiger partial charge in [-0.2, -0.15) is 0 Å². The predicted molar refractivity (Wildman–Crippen MR) is 42.1 cm³/mol. The molecule has 0 saturated carbocycles. The topological polar surface area (TPSA) is 46.5 Å². The minimum Gasteiger partial charge on any atom is -0.469 e. The van der Waals surface area contributed by atoms with Crippen molar-refractivity contribution in [3.8, 4) is 0 Å². The van der Waals surface area contributed by atoms with Gasteiger partial charge in [-0.15, -0.1) is 0 Å². The summed E-state index contributed by atoms with van der Waals surface area (Å²) in [4.78, 5) is 10.7. The summed E-state index contributed by atoms with van der Waals surface area (Å²) >= 11 is 0. The van der Waals surface area contributed by atoms with Crippen molar-refractivity contribution in [3.05, 3.63) is 0 Å². The summed E-state index contributed by atoms with van der Waals surface area (Å²) < 4.78 is 4.44. The number of hydrogen-bond acceptors (Lipinski definition) is 3. The number of hydrogen-bond donors (Lipinski definition) is 1. The molecule has 0 aromatic rings. The maximum Gasteiger partial charge on any atom is 0.308 e. The lowest BCUT2D eigenvalue weighted by Gasteiger charge is -2.25. The Morgan fingerprint density at radius 3 is 2.36 bits per heavy atom. The lowest BCUT2D eigenvalue weighted by atomic mass is 9.89. The molecule has 1 N–H and O–H groups in total. The van der Waals surface area contributed by atoms with E-state index in [0.717, 1.165) is 0 Å². The Labute approximate surface area is 67.4 Å². The van der Waals surface area contributed by atoms with E-state index in [1.807, 2.05) is 13.8 Å². The van der Waals surface area contributed by atoms with Crippen LogP contribution in [-0.4, -0.2) is 23.8 Å². The molecular weight excluding hydrogens is 144 g/mol. The Morgan fingerprint density at radius 1 is 1.64 bits per heavy atom. The lowest BCUT2D eigenvalue weighted by Crippen LogP contribution is -2.34. The van der Waals surface area contributed by atoms with Crippen molar-refractivity contribution in [1.29, 1.82) is 0 Å². The number of carbonyl (C=O) groups is 1. The van der Waals surface area contributed by atoms with Crippen molar-refractivity contribution in [2.75, 3.05) is 7.11 Å². The van der Waals surface area contributed by atoms with E-state index in [4.69, 9.17) is 0 Å². The van der Waals surface area contributed by atoms with Gasteiger partial charge in [0.1, 0.15) is 0 Å². The van der Waals surface area contributed by atoms with Gasteiger partial charge in [-0.3, -0.25) is 4.79 Å². The smallest absolute Gasteiger partial charge is 0.308 e. The zero-order valence-corrected chi connectivity index (χ0v) is 7.55. The molecule has 0 aliphatic carbocycles. The average molecular weight is 160 g/mol. The van der Waals surface area contributed by atoms with Gasteiger partial charge in [-0.1, -0.05) is 13.8 Å². The maximum absolute atomic E-state index is 10.7. The van der Waals surface area contributed by atoms with Gasteiger partial charge >= 0.3 is 5.97 Å². The first-order valence-corrected chi connectivity index (χ1v) is 3.69. The Kier molecular flexibility index (Phi) is 3.52. The average Bonchev–Trinajstić information content (AvgIpc) is 1.86. The molecule has 0 aliphatic rings. The van der Waals surface area contributed by atoms with Crippen LogP contribution in [0.1, 0.15) is 27.2 Å². The number of esters is 1. The van der Waals surface area contributed by atoms with Crippen LogP contribution in [0.5, 0.6) is 0 Å². The van der Waals surface area contributed by atoms with Crippen LogP contribution in [-0.2, 0) is 9.53 Å². The Morgan fingerprint density at radius 2 is 2.09 bits per heavy atom. The fourth-order valence-electron chi connectivity index (χ4n) is 0.569. The quantitative estimate of drug-likeness (QED) is 0.625. The van der Waals surface area contributed by atoms with Gasteiger partial charge in [0.05, 0.1) is 19.1 Å². The molecule has 0 aliphatic heterocycles. The van der Waals surface area contributed by atoms with Gasteiger partial charge in [0.25, 0.3) is 0 Å². The Hall–Kier alpha value is -0.570. The predicted octanol–water partition coefficient (Wildman–Crippen LogP) is 0.956. The van der Waals surface area contributed by atoms with Gasteiger partial charge in [0, 0.05) is 0 Å². The van der Waals surface area contributed by atoms with Crippen LogP contribution in [0.25, 0.3) is 0 Å². The van der Waals surface area contributed by atoms with E-state index < -0.39 is 5.60 Å². The second kappa shape index (κ2) is 3.72. The van der Waals surface area contributed by atoms with Crippen LogP contribution >= 0.6 is 0 Å². The molecular formula is C8H16O3. The largest absolute Gasteiger partial charge is 0.469 e. The van der Waals surface area contributed by atoms with Crippen LogP contribution in [0.15, 0.2) is 0 Å². The third-order valence-corrected chi connectivity index (χ3v) is 1.97. The molecule has 0 radical (unpaired) electrons. The second-order valence-corrected chi connectivity index (χ2v) is 3.26. The molecule has 0 spiro atoms. The first kappa shape index (κ1) is 10.4. The summed E-state index contributed by atoms with van der Waals surface area (Å²) in [5, 5.41) is 9.59. The summed E-state index contributed by atoms with van der Waals surface area (Å²) in [6.07, 6.45) is 0.0567. The van der Waals surface area contributed by atoms with E-state index >= 15 is 0 Å². The molecule has 11 heavy (non-hydrogen) atoms.